The quantitative estimate of drug-likeness (QED) is 0.231. The van der Waals surface area contributed by atoms with Crippen LogP contribution in [-0.4, -0.2) is 12.1 Å². The van der Waals surface area contributed by atoms with Crippen LogP contribution in [-0.2, 0) is 15.4 Å². The number of benzene rings is 3. The molecule has 0 fully saturated rings. The summed E-state index contributed by atoms with van der Waals surface area (Å²) in [4.78, 5) is 13.8. The van der Waals surface area contributed by atoms with Gasteiger partial charge in [0.05, 0.1) is 0 Å². The van der Waals surface area contributed by atoms with Crippen LogP contribution in [0.25, 0.3) is 0 Å². The summed E-state index contributed by atoms with van der Waals surface area (Å²) in [5.41, 5.74) is 1.12. The first kappa shape index (κ1) is 26.9. The number of alkyl halides is 3. The van der Waals surface area contributed by atoms with Gasteiger partial charge in [0.15, 0.2) is 0 Å². The number of hydrogen-bond donors (Lipinski definition) is 0. The fraction of sp³-hybridized carbons (Fsp3) is 0.345. The predicted octanol–water partition coefficient (Wildman–Crippen LogP) is 9.28. The molecule has 0 radical (unpaired) electrons. The minimum Gasteiger partial charge on any atom is -0.395 e. The normalized spacial score (nSPS) is 12.3. The van der Waals surface area contributed by atoms with Crippen molar-refractivity contribution in [3.63, 3.8) is 0 Å². The summed E-state index contributed by atoms with van der Waals surface area (Å²) in [6, 6.07) is 25.0. The first-order valence-electron chi connectivity index (χ1n) is 12.2. The monoisotopic (exact) mass is 502 g/mol. The van der Waals surface area contributed by atoms with Crippen molar-refractivity contribution < 1.29 is 22.1 Å². The van der Waals surface area contributed by atoms with E-state index in [1.165, 1.54) is 32.1 Å². The van der Waals surface area contributed by atoms with E-state index >= 15 is 0 Å². The zero-order valence-corrected chi connectivity index (χ0v) is 20.9. The molecule has 0 amide bonds. The van der Waals surface area contributed by atoms with Crippen molar-refractivity contribution in [3.05, 3.63) is 90.5 Å². The molecule has 0 saturated carbocycles. The molecule has 3 rings (SSSR count). The van der Waals surface area contributed by atoms with Gasteiger partial charge in [0, 0.05) is 14.7 Å². The number of rotatable bonds is 12. The van der Waals surface area contributed by atoms with E-state index in [1.807, 2.05) is 24.3 Å². The molecule has 188 valence electrons. The molecule has 0 spiro atoms. The van der Waals surface area contributed by atoms with Gasteiger partial charge in [-0.05, 0) is 65.1 Å². The van der Waals surface area contributed by atoms with Crippen molar-refractivity contribution in [2.75, 3.05) is 0 Å². The first-order valence-corrected chi connectivity index (χ1v) is 13.8. The number of hydrogen-bond acceptors (Lipinski definition) is 2. The van der Waals surface area contributed by atoms with E-state index in [0.29, 0.717) is 14.7 Å². The smallest absolute Gasteiger partial charge is 0.395 e. The largest absolute Gasteiger partial charge is 0.491 e. The Morgan fingerprint density at radius 3 is 1.63 bits per heavy atom. The van der Waals surface area contributed by atoms with Crippen LogP contribution in [0.4, 0.5) is 13.2 Å². The van der Waals surface area contributed by atoms with Crippen molar-refractivity contribution in [2.24, 2.45) is 0 Å². The fourth-order valence-electron chi connectivity index (χ4n) is 4.07. The summed E-state index contributed by atoms with van der Waals surface area (Å²) in [5.74, 6) is -2.19. The molecule has 0 aromatic heterocycles. The molecule has 0 aliphatic carbocycles. The molecule has 0 heterocycles. The summed E-state index contributed by atoms with van der Waals surface area (Å²) < 4.78 is 45.7. The van der Waals surface area contributed by atoms with Crippen LogP contribution in [0.5, 0.6) is 0 Å². The number of carbonyl (C=O) groups is 1. The van der Waals surface area contributed by atoms with E-state index in [9.17, 15) is 18.0 Å². The van der Waals surface area contributed by atoms with Crippen molar-refractivity contribution in [1.29, 1.82) is 0 Å². The molecule has 3 aromatic carbocycles. The average Bonchev–Trinajstić information content (AvgIpc) is 2.87. The third-order valence-corrected chi connectivity index (χ3v) is 9.12. The number of carbonyl (C=O) groups excluding carboxylic acids is 1. The Morgan fingerprint density at radius 1 is 0.686 bits per heavy atom. The van der Waals surface area contributed by atoms with Crippen molar-refractivity contribution in [3.8, 4) is 0 Å². The predicted molar refractivity (Wildman–Crippen MR) is 136 cm³/mol. The Labute approximate surface area is 208 Å². The number of halogens is 3. The molecule has 0 aliphatic rings. The van der Waals surface area contributed by atoms with Gasteiger partial charge >= 0.3 is 12.1 Å². The Hall–Kier alpha value is -2.73. The lowest BCUT2D eigenvalue weighted by molar-refractivity contribution is -0.188. The summed E-state index contributed by atoms with van der Waals surface area (Å²) in [6.45, 7) is 2.21. The van der Waals surface area contributed by atoms with Crippen molar-refractivity contribution >= 4 is 16.3 Å². The third-order valence-electron chi connectivity index (χ3n) is 5.91. The van der Waals surface area contributed by atoms with Crippen LogP contribution in [0.15, 0.2) is 99.6 Å². The van der Waals surface area contributed by atoms with Gasteiger partial charge in [0.2, 0.25) is 0 Å². The Kier molecular flexibility index (Phi) is 9.84. The van der Waals surface area contributed by atoms with Crippen LogP contribution in [0, 0.1) is 0 Å². The molecule has 0 aliphatic heterocycles. The summed E-state index contributed by atoms with van der Waals surface area (Å²) in [6.07, 6.45) is 4.34. The maximum atomic E-state index is 13.4. The van der Waals surface area contributed by atoms with Gasteiger partial charge in [-0.25, -0.2) is 4.79 Å². The highest BCUT2D eigenvalue weighted by Crippen LogP contribution is 2.69. The molecule has 0 saturated heterocycles. The van der Waals surface area contributed by atoms with E-state index in [0.717, 1.165) is 24.8 Å². The summed E-state index contributed by atoms with van der Waals surface area (Å²) in [5, 5.41) is 0. The van der Waals surface area contributed by atoms with E-state index in [2.05, 4.69) is 6.92 Å². The topological polar surface area (TPSA) is 26.3 Å². The highest BCUT2D eigenvalue weighted by atomic mass is 32.3. The lowest BCUT2D eigenvalue weighted by Gasteiger charge is -2.39. The third kappa shape index (κ3) is 7.14. The maximum Gasteiger partial charge on any atom is 0.491 e. The van der Waals surface area contributed by atoms with Crippen LogP contribution in [0.2, 0.25) is 0 Å². The van der Waals surface area contributed by atoms with Crippen LogP contribution < -0.4 is 0 Å². The molecule has 6 heteroatoms. The Bertz CT molecular complexity index is 996. The minimum atomic E-state index is -5.10. The highest BCUT2D eigenvalue weighted by Gasteiger charge is 2.47. The average molecular weight is 503 g/mol. The van der Waals surface area contributed by atoms with E-state index < -0.39 is 22.5 Å². The lowest BCUT2D eigenvalue weighted by Crippen LogP contribution is -2.27. The summed E-state index contributed by atoms with van der Waals surface area (Å²) in [7, 11) is -2.94. The van der Waals surface area contributed by atoms with Crippen molar-refractivity contribution in [2.45, 2.75) is 79.2 Å². The lowest BCUT2D eigenvalue weighted by atomic mass is 10.0. The fourth-order valence-corrected chi connectivity index (χ4v) is 7.10. The molecule has 3 aromatic rings. The zero-order valence-electron chi connectivity index (χ0n) is 20.1. The molecule has 2 nitrogen and oxygen atoms in total. The van der Waals surface area contributed by atoms with Crippen LogP contribution in [0.1, 0.15) is 57.4 Å². The molecule has 0 N–H and O–H groups in total. The standard InChI is InChI=1S/C29H33F3O2S/c1-2-3-4-5-6-7-10-15-24-20-22-27(23-21-24)35(25-16-11-8-12-17-25,26-18-13-9-14-19-26)34-28(33)29(30,31)32/h8-9,11-14,16-23H,2-7,10,15H2,1H3. The van der Waals surface area contributed by atoms with Gasteiger partial charge in [0.25, 0.3) is 0 Å². The zero-order chi connectivity index (χ0) is 25.2. The molecule has 0 unspecified atom stereocenters. The van der Waals surface area contributed by atoms with E-state index in [4.69, 9.17) is 4.18 Å². The number of unbranched alkanes of at least 4 members (excludes halogenated alkanes) is 6. The SMILES string of the molecule is CCCCCCCCCc1ccc(S(OC(=O)C(F)(F)F)(c2ccccc2)c2ccccc2)cc1. The second-order valence-corrected chi connectivity index (χ2v) is 11.3. The van der Waals surface area contributed by atoms with Crippen LogP contribution >= 0.6 is 10.3 Å². The molecule has 0 atom stereocenters. The summed E-state index contributed by atoms with van der Waals surface area (Å²) >= 11 is 0. The molecular formula is C29H33F3O2S. The number of aryl methyl sites for hydroxylation is 1. The second-order valence-electron chi connectivity index (χ2n) is 8.57. The molecular weight excluding hydrogens is 469 g/mol. The van der Waals surface area contributed by atoms with Gasteiger partial charge in [0.1, 0.15) is 0 Å². The molecule has 0 bridgehead atoms. The Morgan fingerprint density at radius 2 is 1.14 bits per heavy atom. The van der Waals surface area contributed by atoms with Crippen molar-refractivity contribution in [1.82, 2.24) is 0 Å². The second kappa shape index (κ2) is 12.8. The van der Waals surface area contributed by atoms with Gasteiger partial charge < -0.3 is 4.18 Å². The van der Waals surface area contributed by atoms with E-state index in [-0.39, 0.29) is 0 Å². The van der Waals surface area contributed by atoms with E-state index in [1.54, 1.807) is 60.7 Å². The highest BCUT2D eigenvalue weighted by molar-refractivity contribution is 8.30. The Balaban J connectivity index is 1.91. The van der Waals surface area contributed by atoms with Gasteiger partial charge in [-0.2, -0.15) is 13.2 Å². The molecule has 35 heavy (non-hydrogen) atoms. The van der Waals surface area contributed by atoms with Crippen LogP contribution in [0.3, 0.4) is 0 Å². The first-order chi connectivity index (χ1) is 16.9. The van der Waals surface area contributed by atoms with Gasteiger partial charge in [-0.3, -0.25) is 0 Å². The van der Waals surface area contributed by atoms with Gasteiger partial charge in [-0.15, -0.1) is 0 Å². The van der Waals surface area contributed by atoms with Gasteiger partial charge in [-0.1, -0.05) is 94.0 Å². The minimum absolute atomic E-state index is 0.531. The maximum absolute atomic E-state index is 13.4.